The number of carboxylic acids is 1. The number of hydrogen-bond donors (Lipinski definition) is 2. The molecule has 0 aliphatic rings. The zero-order valence-corrected chi connectivity index (χ0v) is 13.9. The molecule has 2 aromatic heterocycles. The van der Waals surface area contributed by atoms with Crippen molar-refractivity contribution in [3.05, 3.63) is 33.7 Å². The third kappa shape index (κ3) is 2.42. The predicted octanol–water partition coefficient (Wildman–Crippen LogP) is 4.42. The Labute approximate surface area is 135 Å². The first kappa shape index (κ1) is 15.1. The Morgan fingerprint density at radius 2 is 1.82 bits per heavy atom. The summed E-state index contributed by atoms with van der Waals surface area (Å²) in [7, 11) is 0. The van der Waals surface area contributed by atoms with E-state index in [1.807, 2.05) is 26.0 Å². The van der Waals surface area contributed by atoms with Crippen LogP contribution in [0.1, 0.15) is 36.0 Å². The highest BCUT2D eigenvalue weighted by Crippen LogP contribution is 2.42. The number of hydrogen-bond acceptors (Lipinski definition) is 4. The van der Waals surface area contributed by atoms with Gasteiger partial charge in [0, 0.05) is 28.8 Å². The van der Waals surface area contributed by atoms with Gasteiger partial charge in [-0.05, 0) is 48.3 Å². The highest BCUT2D eigenvalue weighted by Gasteiger charge is 2.23. The first-order chi connectivity index (χ1) is 10.4. The molecule has 0 fully saturated rings. The molecule has 3 N–H and O–H groups in total. The molecule has 0 radical (unpaired) electrons. The van der Waals surface area contributed by atoms with Crippen molar-refractivity contribution in [2.24, 2.45) is 5.73 Å². The lowest BCUT2D eigenvalue weighted by molar-refractivity contribution is -0.137. The van der Waals surface area contributed by atoms with Crippen molar-refractivity contribution in [2.75, 3.05) is 0 Å². The van der Waals surface area contributed by atoms with Gasteiger partial charge in [-0.25, -0.2) is 0 Å². The summed E-state index contributed by atoms with van der Waals surface area (Å²) in [5.41, 5.74) is 8.47. The van der Waals surface area contributed by atoms with Crippen molar-refractivity contribution in [1.29, 1.82) is 0 Å². The fraction of sp³-hybridized carbons (Fsp3) is 0.312. The number of aliphatic carboxylic acids is 1. The van der Waals surface area contributed by atoms with Crippen LogP contribution in [0.5, 0.6) is 0 Å². The molecule has 0 saturated carbocycles. The van der Waals surface area contributed by atoms with Crippen LogP contribution in [0.15, 0.2) is 25.4 Å². The molecule has 0 aliphatic carbocycles. The van der Waals surface area contributed by atoms with Gasteiger partial charge in [-0.15, -0.1) is 0 Å². The molecule has 22 heavy (non-hydrogen) atoms. The first-order valence-electron chi connectivity index (χ1n) is 6.97. The second-order valence-corrected chi connectivity index (χ2v) is 6.26. The molecule has 0 bridgehead atoms. The van der Waals surface area contributed by atoms with E-state index in [-0.39, 0.29) is 6.42 Å². The minimum atomic E-state index is -0.862. The molecule has 1 atom stereocenters. The zero-order chi connectivity index (χ0) is 16.0. The smallest absolute Gasteiger partial charge is 0.303 e. The normalized spacial score (nSPS) is 13.1. The van der Waals surface area contributed by atoms with E-state index in [9.17, 15) is 4.79 Å². The van der Waals surface area contributed by atoms with E-state index in [0.29, 0.717) is 17.6 Å². The molecule has 3 aromatic rings. The quantitative estimate of drug-likeness (QED) is 0.713. The highest BCUT2D eigenvalue weighted by atomic mass is 79.9. The Hall–Kier alpha value is -1.79. The molecule has 6 heteroatoms. The van der Waals surface area contributed by atoms with Gasteiger partial charge in [-0.3, -0.25) is 4.79 Å². The van der Waals surface area contributed by atoms with Gasteiger partial charge in [0.1, 0.15) is 22.7 Å². The molecule has 0 spiro atoms. The van der Waals surface area contributed by atoms with E-state index in [1.54, 1.807) is 0 Å². The topological polar surface area (TPSA) is 89.6 Å². The van der Waals surface area contributed by atoms with Gasteiger partial charge in [-0.1, -0.05) is 0 Å². The lowest BCUT2D eigenvalue weighted by Gasteiger charge is -2.13. The van der Waals surface area contributed by atoms with Crippen molar-refractivity contribution in [2.45, 2.75) is 32.7 Å². The van der Waals surface area contributed by atoms with E-state index in [0.717, 1.165) is 32.3 Å². The summed E-state index contributed by atoms with van der Waals surface area (Å²) in [6.07, 6.45) is 0.349. The standard InChI is InChI=1S/C16H16BrNO4/c1-7-5-9-13(11(18)3-4-12(19)20)15-10(6-8(2)21-15)14(17)16(9)22-7/h5-6,11H,3-4,18H2,1-2H3,(H,19,20). The molecule has 1 unspecified atom stereocenters. The fourth-order valence-corrected chi connectivity index (χ4v) is 3.38. The summed E-state index contributed by atoms with van der Waals surface area (Å²) in [6, 6.07) is 3.40. The van der Waals surface area contributed by atoms with Gasteiger partial charge in [0.15, 0.2) is 0 Å². The molecule has 3 rings (SSSR count). The molecule has 1 aromatic carbocycles. The van der Waals surface area contributed by atoms with Crippen molar-refractivity contribution in [3.8, 4) is 0 Å². The Morgan fingerprint density at radius 1 is 1.23 bits per heavy atom. The maximum Gasteiger partial charge on any atom is 0.303 e. The summed E-state index contributed by atoms with van der Waals surface area (Å²) < 4.78 is 12.4. The predicted molar refractivity (Wildman–Crippen MR) is 87.0 cm³/mol. The van der Waals surface area contributed by atoms with Gasteiger partial charge in [-0.2, -0.15) is 0 Å². The molecule has 5 nitrogen and oxygen atoms in total. The average Bonchev–Trinajstić information content (AvgIpc) is 2.99. The van der Waals surface area contributed by atoms with Crippen LogP contribution in [-0.2, 0) is 4.79 Å². The largest absolute Gasteiger partial charge is 0.481 e. The first-order valence-corrected chi connectivity index (χ1v) is 7.76. The van der Waals surface area contributed by atoms with Crippen LogP contribution in [0.4, 0.5) is 0 Å². The highest BCUT2D eigenvalue weighted by molar-refractivity contribution is 9.10. The average molecular weight is 366 g/mol. The number of nitrogens with two attached hydrogens (primary N) is 1. The summed E-state index contributed by atoms with van der Waals surface area (Å²) in [5.74, 6) is 0.678. The van der Waals surface area contributed by atoms with Crippen LogP contribution in [0.2, 0.25) is 0 Å². The summed E-state index contributed by atoms with van der Waals surface area (Å²) in [6.45, 7) is 3.73. The maximum absolute atomic E-state index is 10.8. The second kappa shape index (κ2) is 5.44. The Bertz CT molecular complexity index is 820. The van der Waals surface area contributed by atoms with Crippen LogP contribution in [0.3, 0.4) is 0 Å². The Kier molecular flexibility index (Phi) is 3.74. The van der Waals surface area contributed by atoms with Crippen LogP contribution < -0.4 is 5.73 Å². The summed E-state index contributed by atoms with van der Waals surface area (Å²) in [4.78, 5) is 10.8. The van der Waals surface area contributed by atoms with E-state index >= 15 is 0 Å². The second-order valence-electron chi connectivity index (χ2n) is 5.47. The van der Waals surface area contributed by atoms with Gasteiger partial charge in [0.2, 0.25) is 0 Å². The molecule has 2 heterocycles. The molecule has 0 saturated heterocycles. The number of aryl methyl sites for hydroxylation is 2. The van der Waals surface area contributed by atoms with Crippen molar-refractivity contribution >= 4 is 43.8 Å². The monoisotopic (exact) mass is 365 g/mol. The van der Waals surface area contributed by atoms with E-state index in [2.05, 4.69) is 15.9 Å². The van der Waals surface area contributed by atoms with Gasteiger partial charge >= 0.3 is 5.97 Å². The number of carboxylic acid groups (broad SMARTS) is 1. The van der Waals surface area contributed by atoms with E-state index < -0.39 is 12.0 Å². The van der Waals surface area contributed by atoms with Crippen LogP contribution in [0, 0.1) is 13.8 Å². The molecular weight excluding hydrogens is 350 g/mol. The number of furan rings is 2. The minimum absolute atomic E-state index is 0.0107. The van der Waals surface area contributed by atoms with Gasteiger partial charge in [0.05, 0.1) is 4.47 Å². The minimum Gasteiger partial charge on any atom is -0.481 e. The number of benzene rings is 1. The third-order valence-corrected chi connectivity index (χ3v) is 4.51. The SMILES string of the molecule is Cc1cc2c(C(N)CCC(=O)O)c3oc(C)cc3c(Br)c2o1. The Morgan fingerprint density at radius 3 is 2.45 bits per heavy atom. The van der Waals surface area contributed by atoms with E-state index in [1.165, 1.54) is 0 Å². The number of halogens is 1. The summed E-state index contributed by atoms with van der Waals surface area (Å²) in [5, 5.41) is 10.6. The lowest BCUT2D eigenvalue weighted by Crippen LogP contribution is -2.13. The van der Waals surface area contributed by atoms with Crippen molar-refractivity contribution in [1.82, 2.24) is 0 Å². The zero-order valence-electron chi connectivity index (χ0n) is 12.3. The van der Waals surface area contributed by atoms with Crippen LogP contribution >= 0.6 is 15.9 Å². The lowest BCUT2D eigenvalue weighted by atomic mass is 9.97. The third-order valence-electron chi connectivity index (χ3n) is 3.72. The van der Waals surface area contributed by atoms with Crippen LogP contribution in [0.25, 0.3) is 21.9 Å². The van der Waals surface area contributed by atoms with Crippen LogP contribution in [-0.4, -0.2) is 11.1 Å². The number of carbonyl (C=O) groups is 1. The fourth-order valence-electron chi connectivity index (χ4n) is 2.79. The Balaban J connectivity index is 2.27. The van der Waals surface area contributed by atoms with Gasteiger partial charge in [0.25, 0.3) is 0 Å². The molecular formula is C16H16BrNO4. The maximum atomic E-state index is 10.8. The van der Waals surface area contributed by atoms with Gasteiger partial charge < -0.3 is 19.7 Å². The van der Waals surface area contributed by atoms with E-state index in [4.69, 9.17) is 19.7 Å². The molecule has 116 valence electrons. The number of fused-ring (bicyclic) bond motifs is 2. The summed E-state index contributed by atoms with van der Waals surface area (Å²) >= 11 is 3.57. The number of rotatable bonds is 4. The molecule has 0 amide bonds. The van der Waals surface area contributed by atoms with Crippen molar-refractivity contribution < 1.29 is 18.7 Å². The molecule has 0 aliphatic heterocycles. The van der Waals surface area contributed by atoms with Crippen molar-refractivity contribution in [3.63, 3.8) is 0 Å².